The lowest BCUT2D eigenvalue weighted by molar-refractivity contribution is 0.211. The maximum absolute atomic E-state index is 10.0. The summed E-state index contributed by atoms with van der Waals surface area (Å²) in [5.74, 6) is 1.40. The van der Waals surface area contributed by atoms with E-state index in [-0.39, 0.29) is 0 Å². The lowest BCUT2D eigenvalue weighted by atomic mass is 9.86. The predicted molar refractivity (Wildman–Crippen MR) is 78.4 cm³/mol. The summed E-state index contributed by atoms with van der Waals surface area (Å²) in [6.07, 6.45) is 7.55. The van der Waals surface area contributed by atoms with Crippen LogP contribution in [0.4, 0.5) is 0 Å². The molecule has 3 rings (SSSR count). The maximum atomic E-state index is 10.0. The molecule has 2 atom stereocenters. The van der Waals surface area contributed by atoms with E-state index in [2.05, 4.69) is 17.9 Å². The monoisotopic (exact) mass is 259 g/mol. The fourth-order valence-electron chi connectivity index (χ4n) is 3.97. The van der Waals surface area contributed by atoms with Gasteiger partial charge in [0, 0.05) is 12.6 Å². The van der Waals surface area contributed by atoms with Gasteiger partial charge in [0.25, 0.3) is 0 Å². The molecule has 1 saturated heterocycles. The van der Waals surface area contributed by atoms with Gasteiger partial charge in [-0.1, -0.05) is 25.5 Å². The fraction of sp³-hybridized carbons (Fsp3) is 0.647. The molecule has 0 spiro atoms. The second kappa shape index (κ2) is 5.54. The quantitative estimate of drug-likeness (QED) is 0.890. The van der Waals surface area contributed by atoms with Crippen LogP contribution in [0.15, 0.2) is 18.2 Å². The van der Waals surface area contributed by atoms with E-state index in [4.69, 9.17) is 0 Å². The second-order valence-electron chi connectivity index (χ2n) is 6.19. The van der Waals surface area contributed by atoms with Crippen LogP contribution < -0.4 is 0 Å². The summed E-state index contributed by atoms with van der Waals surface area (Å²) in [7, 11) is 0. The molecule has 104 valence electrons. The number of hydrogen-bond acceptors (Lipinski definition) is 2. The number of hydrogen-bond donors (Lipinski definition) is 1. The number of benzene rings is 1. The number of aromatic hydroxyl groups is 1. The Bertz CT molecular complexity index is 443. The highest BCUT2D eigenvalue weighted by atomic mass is 16.3. The van der Waals surface area contributed by atoms with Crippen molar-refractivity contribution in [3.63, 3.8) is 0 Å². The van der Waals surface area contributed by atoms with Crippen LogP contribution in [0.2, 0.25) is 0 Å². The maximum Gasteiger partial charge on any atom is 0.119 e. The van der Waals surface area contributed by atoms with Crippen molar-refractivity contribution in [2.75, 3.05) is 13.1 Å². The van der Waals surface area contributed by atoms with Crippen molar-refractivity contribution in [3.05, 3.63) is 29.3 Å². The van der Waals surface area contributed by atoms with E-state index in [1.807, 2.05) is 12.1 Å². The highest BCUT2D eigenvalue weighted by Gasteiger charge is 2.31. The van der Waals surface area contributed by atoms with Gasteiger partial charge in [-0.3, -0.25) is 4.90 Å². The minimum Gasteiger partial charge on any atom is -0.508 e. The smallest absolute Gasteiger partial charge is 0.119 e. The first kappa shape index (κ1) is 13.0. The molecule has 2 nitrogen and oxygen atoms in total. The van der Waals surface area contributed by atoms with Crippen LogP contribution >= 0.6 is 0 Å². The van der Waals surface area contributed by atoms with Gasteiger partial charge in [-0.15, -0.1) is 0 Å². The van der Waals surface area contributed by atoms with Gasteiger partial charge in [0.2, 0.25) is 0 Å². The zero-order chi connectivity index (χ0) is 13.2. The van der Waals surface area contributed by atoms with Crippen molar-refractivity contribution in [2.45, 2.75) is 51.5 Å². The largest absolute Gasteiger partial charge is 0.508 e. The number of phenols is 1. The molecular weight excluding hydrogens is 234 g/mol. The molecule has 0 aromatic heterocycles. The topological polar surface area (TPSA) is 23.5 Å². The highest BCUT2D eigenvalue weighted by molar-refractivity contribution is 5.42. The van der Waals surface area contributed by atoms with Crippen LogP contribution in [-0.2, 0) is 6.42 Å². The third-order valence-electron chi connectivity index (χ3n) is 4.91. The molecule has 1 heterocycles. The van der Waals surface area contributed by atoms with E-state index in [0.717, 1.165) is 12.3 Å². The molecule has 19 heavy (non-hydrogen) atoms. The van der Waals surface area contributed by atoms with Gasteiger partial charge >= 0.3 is 0 Å². The van der Waals surface area contributed by atoms with E-state index in [9.17, 15) is 5.11 Å². The summed E-state index contributed by atoms with van der Waals surface area (Å²) in [5, 5.41) is 10.0. The van der Waals surface area contributed by atoms with Crippen molar-refractivity contribution in [1.29, 1.82) is 0 Å². The lowest BCUT2D eigenvalue weighted by Crippen LogP contribution is -2.29. The summed E-state index contributed by atoms with van der Waals surface area (Å²) in [4.78, 5) is 2.66. The van der Waals surface area contributed by atoms with Crippen LogP contribution in [0.25, 0.3) is 0 Å². The summed E-state index contributed by atoms with van der Waals surface area (Å²) in [5.41, 5.74) is 2.60. The minimum absolute atomic E-state index is 0.506. The molecule has 0 saturated carbocycles. The van der Waals surface area contributed by atoms with E-state index < -0.39 is 0 Å². The number of rotatable bonds is 3. The standard InChI is InChI=1S/C17H25NO/c1-2-5-13-10-11-18(12-13)16-8-3-7-15-14(16)6-4-9-17(15)19/h4,6,9,13,16,19H,2-3,5,7-8,10-12H2,1H3. The van der Waals surface area contributed by atoms with Crippen LogP contribution in [0.1, 0.15) is 56.2 Å². The summed E-state index contributed by atoms with van der Waals surface area (Å²) < 4.78 is 0. The van der Waals surface area contributed by atoms with Gasteiger partial charge in [-0.05, 0) is 61.8 Å². The normalized spacial score (nSPS) is 27.4. The Morgan fingerprint density at radius 2 is 2.21 bits per heavy atom. The number of nitrogens with zero attached hydrogens (tertiary/aromatic N) is 1. The number of phenolic OH excluding ortho intramolecular Hbond substituents is 1. The molecule has 2 aliphatic rings. The molecule has 1 fully saturated rings. The minimum atomic E-state index is 0.506. The molecule has 0 bridgehead atoms. The van der Waals surface area contributed by atoms with Gasteiger partial charge in [0.15, 0.2) is 0 Å². The van der Waals surface area contributed by atoms with E-state index >= 15 is 0 Å². The highest BCUT2D eigenvalue weighted by Crippen LogP contribution is 2.40. The Labute approximate surface area is 116 Å². The zero-order valence-corrected chi connectivity index (χ0v) is 11.9. The van der Waals surface area contributed by atoms with Crippen molar-refractivity contribution in [3.8, 4) is 5.75 Å². The third-order valence-corrected chi connectivity index (χ3v) is 4.91. The second-order valence-corrected chi connectivity index (χ2v) is 6.19. The molecule has 2 unspecified atom stereocenters. The van der Waals surface area contributed by atoms with Gasteiger partial charge in [0.05, 0.1) is 0 Å². The first-order valence-electron chi connectivity index (χ1n) is 7.84. The first-order chi connectivity index (χ1) is 9.29. The Hall–Kier alpha value is -1.02. The average molecular weight is 259 g/mol. The molecule has 0 radical (unpaired) electrons. The van der Waals surface area contributed by atoms with E-state index in [1.54, 1.807) is 0 Å². The molecular formula is C17H25NO. The Morgan fingerprint density at radius 1 is 1.32 bits per heavy atom. The van der Waals surface area contributed by atoms with Crippen molar-refractivity contribution in [2.24, 2.45) is 5.92 Å². The molecule has 1 N–H and O–H groups in total. The molecule has 1 aromatic carbocycles. The van der Waals surface area contributed by atoms with Crippen LogP contribution in [-0.4, -0.2) is 23.1 Å². The predicted octanol–water partition coefficient (Wildman–Crippen LogP) is 3.89. The van der Waals surface area contributed by atoms with Gasteiger partial charge in [-0.25, -0.2) is 0 Å². The Balaban J connectivity index is 1.79. The van der Waals surface area contributed by atoms with Gasteiger partial charge in [0.1, 0.15) is 5.75 Å². The lowest BCUT2D eigenvalue weighted by Gasteiger charge is -2.33. The van der Waals surface area contributed by atoms with Crippen molar-refractivity contribution >= 4 is 0 Å². The van der Waals surface area contributed by atoms with Gasteiger partial charge < -0.3 is 5.11 Å². The Morgan fingerprint density at radius 3 is 3.05 bits per heavy atom. The van der Waals surface area contributed by atoms with E-state index in [0.29, 0.717) is 11.8 Å². The summed E-state index contributed by atoms with van der Waals surface area (Å²) >= 11 is 0. The van der Waals surface area contributed by atoms with E-state index in [1.165, 1.54) is 56.3 Å². The summed E-state index contributed by atoms with van der Waals surface area (Å²) in [6, 6.07) is 6.63. The number of likely N-dealkylation sites (tertiary alicyclic amines) is 1. The molecule has 1 aromatic rings. The first-order valence-corrected chi connectivity index (χ1v) is 7.84. The van der Waals surface area contributed by atoms with Crippen LogP contribution in [0.5, 0.6) is 5.75 Å². The molecule has 1 aliphatic carbocycles. The zero-order valence-electron chi connectivity index (χ0n) is 11.9. The summed E-state index contributed by atoms with van der Waals surface area (Å²) in [6.45, 7) is 4.79. The molecule has 2 heteroatoms. The van der Waals surface area contributed by atoms with Crippen molar-refractivity contribution < 1.29 is 5.11 Å². The fourth-order valence-corrected chi connectivity index (χ4v) is 3.97. The van der Waals surface area contributed by atoms with Gasteiger partial charge in [-0.2, -0.15) is 0 Å². The Kier molecular flexibility index (Phi) is 3.79. The van der Waals surface area contributed by atoms with Crippen LogP contribution in [0, 0.1) is 5.92 Å². The molecule has 1 aliphatic heterocycles. The average Bonchev–Trinajstić information content (AvgIpc) is 2.88. The number of fused-ring (bicyclic) bond motifs is 1. The molecule has 0 amide bonds. The third kappa shape index (κ3) is 2.51. The van der Waals surface area contributed by atoms with Crippen LogP contribution in [0.3, 0.4) is 0 Å². The van der Waals surface area contributed by atoms with Crippen molar-refractivity contribution in [1.82, 2.24) is 4.90 Å². The SMILES string of the molecule is CCCC1CCN(C2CCCc3c(O)cccc32)C1.